The summed E-state index contributed by atoms with van der Waals surface area (Å²) in [5.41, 5.74) is 5.86. The van der Waals surface area contributed by atoms with Crippen LogP contribution in [0.5, 0.6) is 0 Å². The summed E-state index contributed by atoms with van der Waals surface area (Å²) < 4.78 is 40.6. The number of nitrogens with two attached hydrogens (primary N) is 1. The maximum atomic E-state index is 13.9. The molecule has 2 heterocycles. The second-order valence-electron chi connectivity index (χ2n) is 7.66. The predicted octanol–water partition coefficient (Wildman–Crippen LogP) is 1.81. The minimum atomic E-state index is -3.88. The Morgan fingerprint density at radius 2 is 1.85 bits per heavy atom. The number of nitrogens with zero attached hydrogens (tertiary/aromatic N) is 2. The van der Waals surface area contributed by atoms with Gasteiger partial charge in [-0.3, -0.25) is 4.79 Å². The highest BCUT2D eigenvalue weighted by Crippen LogP contribution is 2.29. The summed E-state index contributed by atoms with van der Waals surface area (Å²) in [5.74, 6) is -0.293. The lowest BCUT2D eigenvalue weighted by Crippen LogP contribution is -2.52. The van der Waals surface area contributed by atoms with Crippen molar-refractivity contribution in [2.45, 2.75) is 43.5 Å². The van der Waals surface area contributed by atoms with Gasteiger partial charge < -0.3 is 10.6 Å². The monoisotopic (exact) mass is 397 g/mol. The van der Waals surface area contributed by atoms with Crippen molar-refractivity contribution >= 4 is 15.9 Å². The summed E-state index contributed by atoms with van der Waals surface area (Å²) >= 11 is 0. The van der Waals surface area contributed by atoms with Gasteiger partial charge in [-0.15, -0.1) is 0 Å². The molecule has 1 aromatic carbocycles. The first-order chi connectivity index (χ1) is 12.8. The van der Waals surface area contributed by atoms with E-state index in [-0.39, 0.29) is 35.9 Å². The summed E-state index contributed by atoms with van der Waals surface area (Å²) in [6, 6.07) is 5.47. The third-order valence-corrected chi connectivity index (χ3v) is 7.72. The van der Waals surface area contributed by atoms with E-state index in [0.717, 1.165) is 25.5 Å². The van der Waals surface area contributed by atoms with Gasteiger partial charge in [0.05, 0.1) is 0 Å². The number of halogens is 1. The van der Waals surface area contributed by atoms with Crippen LogP contribution in [0.25, 0.3) is 0 Å². The fourth-order valence-electron chi connectivity index (χ4n) is 4.14. The van der Waals surface area contributed by atoms with Gasteiger partial charge in [0.25, 0.3) is 0 Å². The van der Waals surface area contributed by atoms with E-state index in [1.165, 1.54) is 22.5 Å². The Labute approximate surface area is 160 Å². The summed E-state index contributed by atoms with van der Waals surface area (Å²) in [7, 11) is -3.88. The number of benzene rings is 1. The van der Waals surface area contributed by atoms with Crippen molar-refractivity contribution < 1.29 is 17.6 Å². The molecule has 2 saturated heterocycles. The van der Waals surface area contributed by atoms with Crippen molar-refractivity contribution in [1.82, 2.24) is 9.21 Å². The molecule has 27 heavy (non-hydrogen) atoms. The lowest BCUT2D eigenvalue weighted by Gasteiger charge is -2.41. The lowest BCUT2D eigenvalue weighted by molar-refractivity contribution is -0.141. The molecular weight excluding hydrogens is 369 g/mol. The van der Waals surface area contributed by atoms with Crippen LogP contribution in [0.1, 0.15) is 32.6 Å². The first-order valence-electron chi connectivity index (χ1n) is 9.59. The van der Waals surface area contributed by atoms with Crippen molar-refractivity contribution in [2.75, 3.05) is 26.2 Å². The van der Waals surface area contributed by atoms with Crippen LogP contribution in [0, 0.1) is 17.7 Å². The van der Waals surface area contributed by atoms with Crippen LogP contribution in [-0.2, 0) is 14.8 Å². The van der Waals surface area contributed by atoms with E-state index in [4.69, 9.17) is 5.73 Å². The number of amides is 1. The van der Waals surface area contributed by atoms with Crippen LogP contribution in [0.2, 0.25) is 0 Å². The van der Waals surface area contributed by atoms with E-state index in [1.54, 1.807) is 0 Å². The Bertz CT molecular complexity index is 778. The lowest BCUT2D eigenvalue weighted by atomic mass is 9.89. The molecule has 2 aliphatic rings. The minimum Gasteiger partial charge on any atom is -0.338 e. The third kappa shape index (κ3) is 4.17. The van der Waals surface area contributed by atoms with Crippen LogP contribution in [0.3, 0.4) is 0 Å². The Hall–Kier alpha value is -1.51. The minimum absolute atomic E-state index is 0.0708. The molecule has 0 spiro atoms. The molecule has 0 saturated carbocycles. The molecule has 8 heteroatoms. The molecule has 1 aromatic rings. The molecule has 2 atom stereocenters. The van der Waals surface area contributed by atoms with Crippen LogP contribution >= 0.6 is 0 Å². The molecule has 2 N–H and O–H groups in total. The van der Waals surface area contributed by atoms with Gasteiger partial charge in [0.15, 0.2) is 0 Å². The Kier molecular flexibility index (Phi) is 6.18. The van der Waals surface area contributed by atoms with Gasteiger partial charge in [-0.25, -0.2) is 12.8 Å². The largest absolute Gasteiger partial charge is 0.338 e. The zero-order chi connectivity index (χ0) is 19.6. The molecule has 6 nitrogen and oxygen atoms in total. The SMILES string of the molecule is CC1CCN(C(=O)C2CCN(S(=O)(=O)c3ccccc3F)CC2)C(CN)C1. The van der Waals surface area contributed by atoms with E-state index >= 15 is 0 Å². The number of rotatable bonds is 4. The second kappa shape index (κ2) is 8.24. The van der Waals surface area contributed by atoms with E-state index in [1.807, 2.05) is 4.90 Å². The first-order valence-corrected chi connectivity index (χ1v) is 11.0. The molecule has 0 aromatic heterocycles. The highest BCUT2D eigenvalue weighted by atomic mass is 32.2. The Morgan fingerprint density at radius 3 is 2.48 bits per heavy atom. The third-order valence-electron chi connectivity index (χ3n) is 5.79. The van der Waals surface area contributed by atoms with Gasteiger partial charge >= 0.3 is 0 Å². The van der Waals surface area contributed by atoms with Gasteiger partial charge in [-0.1, -0.05) is 19.1 Å². The van der Waals surface area contributed by atoms with Crippen LogP contribution in [-0.4, -0.2) is 55.8 Å². The van der Waals surface area contributed by atoms with Crippen molar-refractivity contribution in [1.29, 1.82) is 0 Å². The van der Waals surface area contributed by atoms with Gasteiger partial charge in [-0.05, 0) is 43.7 Å². The van der Waals surface area contributed by atoms with Crippen molar-refractivity contribution in [2.24, 2.45) is 17.6 Å². The maximum absolute atomic E-state index is 13.9. The van der Waals surface area contributed by atoms with Gasteiger partial charge in [0.1, 0.15) is 10.7 Å². The van der Waals surface area contributed by atoms with Crippen molar-refractivity contribution in [3.8, 4) is 0 Å². The van der Waals surface area contributed by atoms with Crippen molar-refractivity contribution in [3.05, 3.63) is 30.1 Å². The number of hydrogen-bond acceptors (Lipinski definition) is 4. The number of hydrogen-bond donors (Lipinski definition) is 1. The highest BCUT2D eigenvalue weighted by molar-refractivity contribution is 7.89. The van der Waals surface area contributed by atoms with E-state index in [2.05, 4.69) is 6.92 Å². The molecular formula is C19H28FN3O3S. The first kappa shape index (κ1) is 20.2. The molecule has 150 valence electrons. The zero-order valence-corrected chi connectivity index (χ0v) is 16.5. The molecule has 1 amide bonds. The summed E-state index contributed by atoms with van der Waals surface area (Å²) in [6.07, 6.45) is 2.80. The van der Waals surface area contributed by atoms with Crippen LogP contribution < -0.4 is 5.73 Å². The summed E-state index contributed by atoms with van der Waals surface area (Å²) in [4.78, 5) is 14.5. The number of carbonyl (C=O) groups excluding carboxylic acids is 1. The molecule has 0 bridgehead atoms. The Morgan fingerprint density at radius 1 is 1.19 bits per heavy atom. The summed E-state index contributed by atoms with van der Waals surface area (Å²) in [5, 5.41) is 0. The van der Waals surface area contributed by atoms with Crippen LogP contribution in [0.15, 0.2) is 29.2 Å². The Balaban J connectivity index is 1.65. The van der Waals surface area contributed by atoms with E-state index in [9.17, 15) is 17.6 Å². The molecule has 3 rings (SSSR count). The average molecular weight is 398 g/mol. The van der Waals surface area contributed by atoms with Crippen molar-refractivity contribution in [3.63, 3.8) is 0 Å². The quantitative estimate of drug-likeness (QED) is 0.840. The van der Waals surface area contributed by atoms with Gasteiger partial charge in [0.2, 0.25) is 15.9 Å². The molecule has 0 aliphatic carbocycles. The topological polar surface area (TPSA) is 83.7 Å². The fourth-order valence-corrected chi connectivity index (χ4v) is 5.67. The summed E-state index contributed by atoms with van der Waals surface area (Å²) in [6.45, 7) is 3.80. The molecule has 2 fully saturated rings. The van der Waals surface area contributed by atoms with E-state index in [0.29, 0.717) is 25.3 Å². The molecule has 2 aliphatic heterocycles. The van der Waals surface area contributed by atoms with Crippen LogP contribution in [0.4, 0.5) is 4.39 Å². The average Bonchev–Trinajstić information content (AvgIpc) is 2.67. The predicted molar refractivity (Wildman–Crippen MR) is 101 cm³/mol. The molecule has 2 unspecified atom stereocenters. The zero-order valence-electron chi connectivity index (χ0n) is 15.7. The number of piperidine rings is 2. The highest BCUT2D eigenvalue weighted by Gasteiger charge is 2.37. The van der Waals surface area contributed by atoms with Gasteiger partial charge in [0, 0.05) is 38.1 Å². The maximum Gasteiger partial charge on any atom is 0.245 e. The number of sulfonamides is 1. The second-order valence-corrected chi connectivity index (χ2v) is 9.57. The number of likely N-dealkylation sites (tertiary alicyclic amines) is 1. The molecule has 0 radical (unpaired) electrons. The smallest absolute Gasteiger partial charge is 0.245 e. The van der Waals surface area contributed by atoms with Gasteiger partial charge in [-0.2, -0.15) is 4.31 Å². The van der Waals surface area contributed by atoms with E-state index < -0.39 is 15.8 Å². The number of carbonyl (C=O) groups is 1. The standard InChI is InChI=1S/C19H28FN3O3S/c1-14-6-11-23(16(12-14)13-21)19(24)15-7-9-22(10-8-15)27(25,26)18-5-3-2-4-17(18)20/h2-5,14-16H,6-13,21H2,1H3. The normalized spacial score (nSPS) is 25.5. The fraction of sp³-hybridized carbons (Fsp3) is 0.632.